The molecule has 4 fully saturated rings. The van der Waals surface area contributed by atoms with E-state index in [4.69, 9.17) is 4.98 Å². The first-order valence-corrected chi connectivity index (χ1v) is 15.7. The molecule has 4 aromatic carbocycles. The van der Waals surface area contributed by atoms with Crippen molar-refractivity contribution in [2.45, 2.75) is 43.9 Å². The van der Waals surface area contributed by atoms with Crippen molar-refractivity contribution in [3.05, 3.63) is 115 Å². The van der Waals surface area contributed by atoms with E-state index < -0.39 is 0 Å². The highest BCUT2D eigenvalue weighted by molar-refractivity contribution is 6.10. The van der Waals surface area contributed by atoms with Crippen LogP contribution in [0.1, 0.15) is 44.1 Å². The first-order chi connectivity index (χ1) is 20.7. The SMILES string of the molecule is c1ccc2c(c1)c1ccccc1n2-c1cncc(-n2c3ccccc3c3ccc(C45CC6CC(CC(C6)C4)C5)cc32)c1. The average Bonchev–Trinajstić information content (AvgIpc) is 3.53. The van der Waals surface area contributed by atoms with E-state index in [1.54, 1.807) is 5.56 Å². The zero-order valence-corrected chi connectivity index (χ0v) is 23.7. The van der Waals surface area contributed by atoms with Gasteiger partial charge in [-0.25, -0.2) is 0 Å². The third-order valence-corrected chi connectivity index (χ3v) is 11.1. The van der Waals surface area contributed by atoms with Gasteiger partial charge >= 0.3 is 0 Å². The predicted octanol–water partition coefficient (Wildman–Crippen LogP) is 9.74. The maximum atomic E-state index is 4.86. The van der Waals surface area contributed by atoms with Gasteiger partial charge in [0.1, 0.15) is 0 Å². The van der Waals surface area contributed by atoms with E-state index in [1.165, 1.54) is 82.1 Å². The Balaban J connectivity index is 1.20. The molecular formula is C39H33N3. The van der Waals surface area contributed by atoms with Crippen LogP contribution in [0.15, 0.2) is 109 Å². The van der Waals surface area contributed by atoms with Crippen LogP contribution in [0.3, 0.4) is 0 Å². The Morgan fingerprint density at radius 3 is 1.48 bits per heavy atom. The van der Waals surface area contributed by atoms with Crippen LogP contribution < -0.4 is 0 Å². The number of fused-ring (bicyclic) bond motifs is 6. The van der Waals surface area contributed by atoms with Crippen molar-refractivity contribution in [3.63, 3.8) is 0 Å². The minimum atomic E-state index is 0.368. The number of benzene rings is 4. The second-order valence-corrected chi connectivity index (χ2v) is 13.6. The summed E-state index contributed by atoms with van der Waals surface area (Å²) in [6, 6.07) is 36.1. The van der Waals surface area contributed by atoms with E-state index in [9.17, 15) is 0 Å². The Labute approximate surface area is 245 Å². The van der Waals surface area contributed by atoms with Crippen LogP contribution in [0.25, 0.3) is 55.0 Å². The van der Waals surface area contributed by atoms with Crippen LogP contribution in [-0.2, 0) is 5.41 Å². The molecule has 42 heavy (non-hydrogen) atoms. The number of para-hydroxylation sites is 3. The number of hydrogen-bond donors (Lipinski definition) is 0. The molecule has 4 aliphatic carbocycles. The average molecular weight is 544 g/mol. The van der Waals surface area contributed by atoms with Crippen molar-refractivity contribution in [1.82, 2.24) is 14.1 Å². The number of pyridine rings is 1. The fourth-order valence-corrected chi connectivity index (χ4v) is 9.90. The fraction of sp³-hybridized carbons (Fsp3) is 0.256. The lowest BCUT2D eigenvalue weighted by atomic mass is 9.48. The van der Waals surface area contributed by atoms with E-state index in [2.05, 4.69) is 106 Å². The highest BCUT2D eigenvalue weighted by Crippen LogP contribution is 2.61. The van der Waals surface area contributed by atoms with Gasteiger partial charge in [0.2, 0.25) is 0 Å². The van der Waals surface area contributed by atoms with Crippen LogP contribution >= 0.6 is 0 Å². The van der Waals surface area contributed by atoms with Gasteiger partial charge in [0, 0.05) is 21.5 Å². The minimum Gasteiger partial charge on any atom is -0.308 e. The van der Waals surface area contributed by atoms with Crippen molar-refractivity contribution < 1.29 is 0 Å². The van der Waals surface area contributed by atoms with Crippen molar-refractivity contribution >= 4 is 43.6 Å². The molecule has 204 valence electrons. The Bertz CT molecular complexity index is 2110. The van der Waals surface area contributed by atoms with Crippen LogP contribution in [-0.4, -0.2) is 14.1 Å². The van der Waals surface area contributed by atoms with Gasteiger partial charge < -0.3 is 9.13 Å². The Kier molecular flexibility index (Phi) is 4.62. The van der Waals surface area contributed by atoms with Gasteiger partial charge in [-0.2, -0.15) is 0 Å². The lowest BCUT2D eigenvalue weighted by Crippen LogP contribution is -2.48. The van der Waals surface area contributed by atoms with E-state index in [0.29, 0.717) is 5.41 Å². The normalized spacial score (nSPS) is 24.9. The summed E-state index contributed by atoms with van der Waals surface area (Å²) in [5, 5.41) is 5.19. The molecule has 3 heteroatoms. The van der Waals surface area contributed by atoms with Crippen molar-refractivity contribution in [3.8, 4) is 11.4 Å². The first kappa shape index (κ1) is 23.2. The third kappa shape index (κ3) is 3.14. The molecule has 4 bridgehead atoms. The van der Waals surface area contributed by atoms with E-state index in [1.807, 2.05) is 12.4 Å². The van der Waals surface area contributed by atoms with Crippen LogP contribution in [0, 0.1) is 17.8 Å². The molecule has 0 amide bonds. The van der Waals surface area contributed by atoms with Crippen LogP contribution in [0.5, 0.6) is 0 Å². The topological polar surface area (TPSA) is 22.8 Å². The molecule has 0 N–H and O–H groups in total. The van der Waals surface area contributed by atoms with Gasteiger partial charge in [0.25, 0.3) is 0 Å². The molecule has 0 spiro atoms. The summed E-state index contributed by atoms with van der Waals surface area (Å²) < 4.78 is 4.84. The smallest absolute Gasteiger partial charge is 0.0666 e. The van der Waals surface area contributed by atoms with Gasteiger partial charge in [-0.05, 0) is 97.6 Å². The largest absolute Gasteiger partial charge is 0.308 e. The zero-order chi connectivity index (χ0) is 27.4. The summed E-state index contributed by atoms with van der Waals surface area (Å²) in [6.07, 6.45) is 12.6. The predicted molar refractivity (Wildman–Crippen MR) is 173 cm³/mol. The Morgan fingerprint density at radius 2 is 0.952 bits per heavy atom. The van der Waals surface area contributed by atoms with Gasteiger partial charge in [-0.3, -0.25) is 4.98 Å². The number of hydrogen-bond acceptors (Lipinski definition) is 1. The summed E-state index contributed by atoms with van der Waals surface area (Å²) in [5.41, 5.74) is 9.13. The Morgan fingerprint density at radius 1 is 0.500 bits per heavy atom. The number of aromatic nitrogens is 3. The second kappa shape index (κ2) is 8.35. The molecule has 4 saturated carbocycles. The summed E-state index contributed by atoms with van der Waals surface area (Å²) in [5.74, 6) is 2.81. The summed E-state index contributed by atoms with van der Waals surface area (Å²) in [7, 11) is 0. The van der Waals surface area contributed by atoms with E-state index >= 15 is 0 Å². The molecule has 0 unspecified atom stereocenters. The molecular weight excluding hydrogens is 510 g/mol. The molecule has 4 aliphatic rings. The van der Waals surface area contributed by atoms with E-state index in [0.717, 1.165) is 29.1 Å². The third-order valence-electron chi connectivity index (χ3n) is 11.1. The first-order valence-electron chi connectivity index (χ1n) is 15.7. The molecule has 3 heterocycles. The van der Waals surface area contributed by atoms with Gasteiger partial charge in [0.05, 0.1) is 45.8 Å². The van der Waals surface area contributed by atoms with Crippen molar-refractivity contribution in [1.29, 1.82) is 0 Å². The standard InChI is InChI=1S/C39H33N3/c1-4-10-35-31(7-1)32-8-2-5-11-36(32)41(35)29-19-30(24-40-23-29)42-37-12-6-3-9-33(37)34-14-13-28(18-38(34)42)39-20-25-15-26(21-39)17-27(16-25)22-39/h1-14,18-19,23-27H,15-17,20-22H2. The molecule has 7 aromatic rings. The number of rotatable bonds is 3. The summed E-state index contributed by atoms with van der Waals surface area (Å²) in [6.45, 7) is 0. The second-order valence-electron chi connectivity index (χ2n) is 13.6. The van der Waals surface area contributed by atoms with Gasteiger partial charge in [0.15, 0.2) is 0 Å². The zero-order valence-electron chi connectivity index (χ0n) is 23.7. The highest BCUT2D eigenvalue weighted by Gasteiger charge is 2.51. The quantitative estimate of drug-likeness (QED) is 0.217. The van der Waals surface area contributed by atoms with Crippen molar-refractivity contribution in [2.75, 3.05) is 0 Å². The number of nitrogens with zero attached hydrogens (tertiary/aromatic N) is 3. The molecule has 0 aliphatic heterocycles. The summed E-state index contributed by atoms with van der Waals surface area (Å²) in [4.78, 5) is 4.86. The van der Waals surface area contributed by atoms with Crippen LogP contribution in [0.4, 0.5) is 0 Å². The molecule has 3 aromatic heterocycles. The monoisotopic (exact) mass is 543 g/mol. The summed E-state index contributed by atoms with van der Waals surface area (Å²) >= 11 is 0. The van der Waals surface area contributed by atoms with Gasteiger partial charge in [-0.15, -0.1) is 0 Å². The van der Waals surface area contributed by atoms with E-state index in [-0.39, 0.29) is 0 Å². The lowest BCUT2D eigenvalue weighted by Gasteiger charge is -2.57. The molecule has 3 nitrogen and oxygen atoms in total. The van der Waals surface area contributed by atoms with Crippen LogP contribution in [0.2, 0.25) is 0 Å². The molecule has 0 radical (unpaired) electrons. The molecule has 11 rings (SSSR count). The van der Waals surface area contributed by atoms with Gasteiger partial charge in [-0.1, -0.05) is 66.7 Å². The lowest BCUT2D eigenvalue weighted by molar-refractivity contribution is -0.00513. The van der Waals surface area contributed by atoms with Crippen molar-refractivity contribution in [2.24, 2.45) is 17.8 Å². The molecule has 0 atom stereocenters. The molecule has 0 saturated heterocycles. The Hall–Kier alpha value is -4.37. The minimum absolute atomic E-state index is 0.368. The highest BCUT2D eigenvalue weighted by atomic mass is 15.0. The maximum absolute atomic E-state index is 4.86. The fourth-order valence-electron chi connectivity index (χ4n) is 9.90. The maximum Gasteiger partial charge on any atom is 0.0666 e.